The Kier molecular flexibility index (Phi) is 4.46. The van der Waals surface area contributed by atoms with Gasteiger partial charge in [-0.2, -0.15) is 0 Å². The molecule has 5 nitrogen and oxygen atoms in total. The first kappa shape index (κ1) is 17.4. The first-order valence-electron chi connectivity index (χ1n) is 9.03. The van der Waals surface area contributed by atoms with Crippen molar-refractivity contribution in [3.63, 3.8) is 0 Å². The Bertz CT molecular complexity index is 1120. The number of rotatable bonds is 6. The summed E-state index contributed by atoms with van der Waals surface area (Å²) in [4.78, 5) is 16.6. The van der Waals surface area contributed by atoms with Gasteiger partial charge in [-0.05, 0) is 69.0 Å². The van der Waals surface area contributed by atoms with Crippen LogP contribution in [0.3, 0.4) is 0 Å². The molecule has 0 fully saturated rings. The number of fused-ring (bicyclic) bond motifs is 2. The van der Waals surface area contributed by atoms with Crippen molar-refractivity contribution in [2.75, 3.05) is 27.2 Å². The van der Waals surface area contributed by atoms with Crippen LogP contribution in [0.25, 0.3) is 27.6 Å². The fourth-order valence-electron chi connectivity index (χ4n) is 3.35. The topological polar surface area (TPSA) is 50.3 Å². The highest BCUT2D eigenvalue weighted by Gasteiger charge is 2.10. The third-order valence-electron chi connectivity index (χ3n) is 4.81. The minimum Gasteiger partial charge on any atom is -0.492 e. The van der Waals surface area contributed by atoms with Crippen molar-refractivity contribution in [1.82, 2.24) is 14.5 Å². The maximum absolute atomic E-state index is 11.1. The highest BCUT2D eigenvalue weighted by atomic mass is 16.5. The summed E-state index contributed by atoms with van der Waals surface area (Å²) in [7, 11) is 4.07. The minimum atomic E-state index is 0.663. The molecule has 2 aromatic carbocycles. The number of nitrogens with one attached hydrogen (secondary N) is 1. The Labute approximate surface area is 158 Å². The molecule has 0 bridgehead atoms. The molecule has 27 heavy (non-hydrogen) atoms. The van der Waals surface area contributed by atoms with E-state index in [-0.39, 0.29) is 0 Å². The van der Waals surface area contributed by atoms with Crippen LogP contribution in [0.2, 0.25) is 0 Å². The molecule has 0 amide bonds. The smallest absolute Gasteiger partial charge is 0.150 e. The van der Waals surface area contributed by atoms with Crippen LogP contribution in [0.4, 0.5) is 0 Å². The predicted molar refractivity (Wildman–Crippen MR) is 109 cm³/mol. The van der Waals surface area contributed by atoms with E-state index in [4.69, 9.17) is 4.74 Å². The van der Waals surface area contributed by atoms with Gasteiger partial charge in [0, 0.05) is 34.6 Å². The zero-order valence-electron chi connectivity index (χ0n) is 15.8. The van der Waals surface area contributed by atoms with Crippen LogP contribution in [-0.4, -0.2) is 48.0 Å². The first-order valence-corrected chi connectivity index (χ1v) is 9.03. The van der Waals surface area contributed by atoms with Gasteiger partial charge in [0.05, 0.1) is 5.52 Å². The van der Waals surface area contributed by atoms with E-state index in [1.165, 1.54) is 0 Å². The second-order valence-corrected chi connectivity index (χ2v) is 7.13. The number of likely N-dealkylation sites (N-methyl/N-ethyl adjacent to an activating group) is 1. The number of hydrogen-bond donors (Lipinski definition) is 1. The van der Waals surface area contributed by atoms with Crippen molar-refractivity contribution in [3.05, 3.63) is 59.8 Å². The van der Waals surface area contributed by atoms with Crippen molar-refractivity contribution >= 4 is 28.1 Å². The molecular weight excluding hydrogens is 338 g/mol. The first-order chi connectivity index (χ1) is 13.0. The molecule has 0 aliphatic rings. The molecule has 0 saturated carbocycles. The SMILES string of the molecule is Cc1cn(-c2cc3cc(OCCN(C)C)ccc3[nH]2)c2ccc(C=O)cc12. The summed E-state index contributed by atoms with van der Waals surface area (Å²) >= 11 is 0. The number of aryl methyl sites for hydroxylation is 1. The second kappa shape index (κ2) is 6.93. The van der Waals surface area contributed by atoms with Crippen LogP contribution in [0.1, 0.15) is 15.9 Å². The lowest BCUT2D eigenvalue weighted by molar-refractivity contribution is 0.112. The summed E-state index contributed by atoms with van der Waals surface area (Å²) in [6.45, 7) is 3.61. The molecular formula is C22H23N3O2. The van der Waals surface area contributed by atoms with Crippen molar-refractivity contribution in [2.45, 2.75) is 6.92 Å². The standard InChI is InChI=1S/C22H23N3O2/c1-15-13-25(21-7-4-16(14-26)10-19(15)21)22-12-17-11-18(5-6-20(17)23-22)27-9-8-24(2)3/h4-7,10-14,23H,8-9H2,1-3H3. The van der Waals surface area contributed by atoms with E-state index in [1.54, 1.807) is 0 Å². The largest absolute Gasteiger partial charge is 0.492 e. The summed E-state index contributed by atoms with van der Waals surface area (Å²) in [6.07, 6.45) is 2.98. The molecule has 0 atom stereocenters. The number of hydrogen-bond acceptors (Lipinski definition) is 3. The Morgan fingerprint density at radius 1 is 1.15 bits per heavy atom. The maximum Gasteiger partial charge on any atom is 0.150 e. The lowest BCUT2D eigenvalue weighted by Crippen LogP contribution is -2.19. The fraction of sp³-hybridized carbons (Fsp3) is 0.227. The molecule has 5 heteroatoms. The number of carbonyl (C=O) groups is 1. The van der Waals surface area contributed by atoms with Crippen molar-refractivity contribution in [2.24, 2.45) is 0 Å². The van der Waals surface area contributed by atoms with Crippen LogP contribution in [0.5, 0.6) is 5.75 Å². The van der Waals surface area contributed by atoms with Crippen LogP contribution in [0, 0.1) is 6.92 Å². The molecule has 1 N–H and O–H groups in total. The van der Waals surface area contributed by atoms with Gasteiger partial charge in [-0.3, -0.25) is 4.79 Å². The molecule has 4 rings (SSSR count). The Morgan fingerprint density at radius 2 is 2.00 bits per heavy atom. The van der Waals surface area contributed by atoms with Gasteiger partial charge in [0.25, 0.3) is 0 Å². The molecule has 0 spiro atoms. The van der Waals surface area contributed by atoms with Gasteiger partial charge in [0.15, 0.2) is 0 Å². The monoisotopic (exact) mass is 361 g/mol. The number of aromatic amines is 1. The number of nitrogens with zero attached hydrogens (tertiary/aromatic N) is 2. The molecule has 0 unspecified atom stereocenters. The summed E-state index contributed by atoms with van der Waals surface area (Å²) in [5.41, 5.74) is 3.97. The van der Waals surface area contributed by atoms with Crippen LogP contribution < -0.4 is 4.74 Å². The molecule has 0 saturated heterocycles. The second-order valence-electron chi connectivity index (χ2n) is 7.13. The highest BCUT2D eigenvalue weighted by molar-refractivity contribution is 5.92. The van der Waals surface area contributed by atoms with E-state index in [0.717, 1.165) is 51.8 Å². The van der Waals surface area contributed by atoms with E-state index >= 15 is 0 Å². The number of aldehydes is 1. The molecule has 0 aliphatic carbocycles. The predicted octanol–water partition coefficient (Wildman–Crippen LogP) is 4.17. The fourth-order valence-corrected chi connectivity index (χ4v) is 3.35. The molecule has 2 heterocycles. The summed E-state index contributed by atoms with van der Waals surface area (Å²) in [6, 6.07) is 14.0. The van der Waals surface area contributed by atoms with Crippen LogP contribution in [-0.2, 0) is 0 Å². The quantitative estimate of drug-likeness (QED) is 0.524. The number of ether oxygens (including phenoxy) is 1. The van der Waals surface area contributed by atoms with Gasteiger partial charge in [-0.25, -0.2) is 0 Å². The third-order valence-corrected chi connectivity index (χ3v) is 4.81. The summed E-state index contributed by atoms with van der Waals surface area (Å²) in [5.74, 6) is 1.87. The number of aromatic nitrogens is 2. The van der Waals surface area contributed by atoms with Gasteiger partial charge in [0.2, 0.25) is 0 Å². The third kappa shape index (κ3) is 3.34. The average molecular weight is 361 g/mol. The molecule has 138 valence electrons. The number of carbonyl (C=O) groups excluding carboxylic acids is 1. The maximum atomic E-state index is 11.1. The van der Waals surface area contributed by atoms with E-state index < -0.39 is 0 Å². The minimum absolute atomic E-state index is 0.663. The van der Waals surface area contributed by atoms with Gasteiger partial charge < -0.3 is 19.2 Å². The molecule has 4 aromatic rings. The lowest BCUT2D eigenvalue weighted by atomic mass is 10.1. The molecule has 0 radical (unpaired) electrons. The summed E-state index contributed by atoms with van der Waals surface area (Å²) in [5, 5.41) is 2.20. The van der Waals surface area contributed by atoms with Crippen LogP contribution in [0.15, 0.2) is 48.7 Å². The zero-order valence-corrected chi connectivity index (χ0v) is 15.8. The Balaban J connectivity index is 1.70. The normalized spacial score (nSPS) is 11.6. The van der Waals surface area contributed by atoms with E-state index in [2.05, 4.69) is 39.7 Å². The van der Waals surface area contributed by atoms with E-state index in [0.29, 0.717) is 12.2 Å². The van der Waals surface area contributed by atoms with Crippen molar-refractivity contribution in [1.29, 1.82) is 0 Å². The van der Waals surface area contributed by atoms with Gasteiger partial charge >= 0.3 is 0 Å². The zero-order chi connectivity index (χ0) is 19.0. The number of H-pyrrole nitrogens is 1. The molecule has 2 aromatic heterocycles. The highest BCUT2D eigenvalue weighted by Crippen LogP contribution is 2.28. The van der Waals surface area contributed by atoms with Gasteiger partial charge in [-0.15, -0.1) is 0 Å². The Hall–Kier alpha value is -3.05. The lowest BCUT2D eigenvalue weighted by Gasteiger charge is -2.10. The van der Waals surface area contributed by atoms with E-state index in [9.17, 15) is 4.79 Å². The average Bonchev–Trinajstić information content (AvgIpc) is 3.21. The molecule has 0 aliphatic heterocycles. The van der Waals surface area contributed by atoms with Crippen molar-refractivity contribution in [3.8, 4) is 11.6 Å². The van der Waals surface area contributed by atoms with Crippen LogP contribution >= 0.6 is 0 Å². The summed E-state index contributed by atoms with van der Waals surface area (Å²) < 4.78 is 7.98. The van der Waals surface area contributed by atoms with E-state index in [1.807, 2.05) is 44.4 Å². The number of benzene rings is 2. The van der Waals surface area contributed by atoms with Gasteiger partial charge in [0.1, 0.15) is 24.5 Å². The Morgan fingerprint density at radius 3 is 2.78 bits per heavy atom. The van der Waals surface area contributed by atoms with Gasteiger partial charge in [-0.1, -0.05) is 0 Å². The van der Waals surface area contributed by atoms with Crippen molar-refractivity contribution < 1.29 is 9.53 Å².